The van der Waals surface area contributed by atoms with E-state index in [2.05, 4.69) is 17.2 Å². The van der Waals surface area contributed by atoms with Crippen molar-refractivity contribution in [2.24, 2.45) is 0 Å². The lowest BCUT2D eigenvalue weighted by atomic mass is 10.1. The standard InChI is InChI=1S/C14H17ClN2OS/c1-10-14(11-3-5-12(15)6-4-11)17-13(19-10)9-16-7-8-18-2/h3-6,16H,7-9H2,1-2H3. The highest BCUT2D eigenvalue weighted by Gasteiger charge is 2.09. The summed E-state index contributed by atoms with van der Waals surface area (Å²) >= 11 is 7.63. The maximum atomic E-state index is 5.90. The molecule has 0 aliphatic rings. The van der Waals surface area contributed by atoms with E-state index in [9.17, 15) is 0 Å². The molecule has 0 unspecified atom stereocenters. The number of thiazole rings is 1. The summed E-state index contributed by atoms with van der Waals surface area (Å²) in [6, 6.07) is 7.80. The Morgan fingerprint density at radius 2 is 2.05 bits per heavy atom. The summed E-state index contributed by atoms with van der Waals surface area (Å²) in [7, 11) is 1.70. The van der Waals surface area contributed by atoms with E-state index in [1.807, 2.05) is 24.3 Å². The Labute approximate surface area is 122 Å². The second-order valence-corrected chi connectivity index (χ2v) is 5.91. The summed E-state index contributed by atoms with van der Waals surface area (Å²) in [5, 5.41) is 5.15. The highest BCUT2D eigenvalue weighted by atomic mass is 35.5. The molecule has 0 aliphatic heterocycles. The van der Waals surface area contributed by atoms with Gasteiger partial charge in [0.1, 0.15) is 5.01 Å². The van der Waals surface area contributed by atoms with Crippen LogP contribution in [0.15, 0.2) is 24.3 Å². The van der Waals surface area contributed by atoms with Crippen LogP contribution in [-0.2, 0) is 11.3 Å². The largest absolute Gasteiger partial charge is 0.383 e. The van der Waals surface area contributed by atoms with Gasteiger partial charge in [-0.25, -0.2) is 4.98 Å². The molecule has 2 aromatic rings. The van der Waals surface area contributed by atoms with Crippen LogP contribution in [-0.4, -0.2) is 25.2 Å². The lowest BCUT2D eigenvalue weighted by Gasteiger charge is -2.00. The summed E-state index contributed by atoms with van der Waals surface area (Å²) < 4.78 is 5.00. The first-order chi connectivity index (χ1) is 9.20. The monoisotopic (exact) mass is 296 g/mol. The van der Waals surface area contributed by atoms with Gasteiger partial charge in [0.25, 0.3) is 0 Å². The van der Waals surface area contributed by atoms with Crippen LogP contribution in [0.5, 0.6) is 0 Å². The van der Waals surface area contributed by atoms with Crippen molar-refractivity contribution in [1.29, 1.82) is 0 Å². The average molecular weight is 297 g/mol. The molecule has 1 aromatic heterocycles. The van der Waals surface area contributed by atoms with Gasteiger partial charge in [-0.2, -0.15) is 0 Å². The molecule has 0 bridgehead atoms. The zero-order valence-corrected chi connectivity index (χ0v) is 12.6. The van der Waals surface area contributed by atoms with Crippen molar-refractivity contribution in [2.45, 2.75) is 13.5 Å². The fourth-order valence-corrected chi connectivity index (χ4v) is 2.82. The minimum Gasteiger partial charge on any atom is -0.383 e. The number of hydrogen-bond acceptors (Lipinski definition) is 4. The smallest absolute Gasteiger partial charge is 0.107 e. The second kappa shape index (κ2) is 7.01. The Morgan fingerprint density at radius 3 is 2.74 bits per heavy atom. The molecule has 1 heterocycles. The van der Waals surface area contributed by atoms with Crippen LogP contribution in [0.2, 0.25) is 5.02 Å². The molecule has 0 spiro atoms. The molecule has 0 radical (unpaired) electrons. The number of halogens is 1. The fraction of sp³-hybridized carbons (Fsp3) is 0.357. The van der Waals surface area contributed by atoms with Crippen LogP contribution < -0.4 is 5.32 Å². The van der Waals surface area contributed by atoms with E-state index >= 15 is 0 Å². The number of benzene rings is 1. The number of aryl methyl sites for hydroxylation is 1. The fourth-order valence-electron chi connectivity index (χ4n) is 1.77. The van der Waals surface area contributed by atoms with Gasteiger partial charge < -0.3 is 10.1 Å². The third-order valence-corrected chi connectivity index (χ3v) is 3.94. The summed E-state index contributed by atoms with van der Waals surface area (Å²) in [5.41, 5.74) is 2.16. The molecule has 0 saturated heterocycles. The molecule has 0 aliphatic carbocycles. The van der Waals surface area contributed by atoms with Crippen molar-refractivity contribution in [3.05, 3.63) is 39.2 Å². The van der Waals surface area contributed by atoms with E-state index in [1.54, 1.807) is 18.4 Å². The first kappa shape index (κ1) is 14.5. The molecule has 0 saturated carbocycles. The average Bonchev–Trinajstić information content (AvgIpc) is 2.77. The predicted octanol–water partition coefficient (Wildman–Crippen LogP) is 3.51. The predicted molar refractivity (Wildman–Crippen MR) is 80.9 cm³/mol. The number of nitrogens with zero attached hydrogens (tertiary/aromatic N) is 1. The number of methoxy groups -OCH3 is 1. The molecule has 1 N–H and O–H groups in total. The maximum absolute atomic E-state index is 5.90. The third-order valence-electron chi connectivity index (χ3n) is 2.72. The molecule has 1 aromatic carbocycles. The van der Waals surface area contributed by atoms with Gasteiger partial charge in [-0.1, -0.05) is 23.7 Å². The zero-order valence-electron chi connectivity index (χ0n) is 11.1. The van der Waals surface area contributed by atoms with Crippen LogP contribution in [0.1, 0.15) is 9.88 Å². The summed E-state index contributed by atoms with van der Waals surface area (Å²) in [6.07, 6.45) is 0. The third kappa shape index (κ3) is 4.01. The second-order valence-electron chi connectivity index (χ2n) is 4.19. The lowest BCUT2D eigenvalue weighted by molar-refractivity contribution is 0.199. The molecule has 5 heteroatoms. The van der Waals surface area contributed by atoms with Crippen molar-refractivity contribution in [2.75, 3.05) is 20.3 Å². The molecule has 0 atom stereocenters. The van der Waals surface area contributed by atoms with Crippen molar-refractivity contribution < 1.29 is 4.74 Å². The maximum Gasteiger partial charge on any atom is 0.107 e. The number of ether oxygens (including phenoxy) is 1. The van der Waals surface area contributed by atoms with Gasteiger partial charge in [0.15, 0.2) is 0 Å². The Balaban J connectivity index is 2.06. The first-order valence-corrected chi connectivity index (χ1v) is 7.32. The summed E-state index contributed by atoms with van der Waals surface area (Å²) in [5.74, 6) is 0. The number of aromatic nitrogens is 1. The quantitative estimate of drug-likeness (QED) is 0.828. The normalized spacial score (nSPS) is 10.9. The van der Waals surface area contributed by atoms with Gasteiger partial charge in [0.2, 0.25) is 0 Å². The minimum atomic E-state index is 0.717. The van der Waals surface area contributed by atoms with Crippen molar-refractivity contribution in [1.82, 2.24) is 10.3 Å². The van der Waals surface area contributed by atoms with Crippen LogP contribution in [0.4, 0.5) is 0 Å². The van der Waals surface area contributed by atoms with E-state index in [0.717, 1.165) is 34.4 Å². The molecule has 3 nitrogen and oxygen atoms in total. The molecular formula is C14H17ClN2OS. The van der Waals surface area contributed by atoms with Gasteiger partial charge in [-0.05, 0) is 19.1 Å². The molecule has 0 fully saturated rings. The van der Waals surface area contributed by atoms with Crippen LogP contribution in [0, 0.1) is 6.92 Å². The van der Waals surface area contributed by atoms with Gasteiger partial charge in [0.05, 0.1) is 12.3 Å². The lowest BCUT2D eigenvalue weighted by Crippen LogP contribution is -2.18. The van der Waals surface area contributed by atoms with E-state index in [4.69, 9.17) is 16.3 Å². The van der Waals surface area contributed by atoms with Crippen LogP contribution >= 0.6 is 22.9 Å². The number of hydrogen-bond donors (Lipinski definition) is 1. The summed E-state index contributed by atoms with van der Waals surface area (Å²) in [6.45, 7) is 4.43. The minimum absolute atomic E-state index is 0.717. The van der Waals surface area contributed by atoms with E-state index in [-0.39, 0.29) is 0 Å². The number of rotatable bonds is 6. The number of nitrogens with one attached hydrogen (secondary N) is 1. The molecule has 102 valence electrons. The zero-order chi connectivity index (χ0) is 13.7. The highest BCUT2D eigenvalue weighted by Crippen LogP contribution is 2.28. The van der Waals surface area contributed by atoms with Gasteiger partial charge in [-0.3, -0.25) is 0 Å². The van der Waals surface area contributed by atoms with Gasteiger partial charge in [-0.15, -0.1) is 11.3 Å². The molecule has 19 heavy (non-hydrogen) atoms. The van der Waals surface area contributed by atoms with Crippen molar-refractivity contribution in [3.63, 3.8) is 0 Å². The Hall–Kier alpha value is -0.940. The highest BCUT2D eigenvalue weighted by molar-refractivity contribution is 7.12. The van der Waals surface area contributed by atoms with Gasteiger partial charge in [0, 0.05) is 35.7 Å². The first-order valence-electron chi connectivity index (χ1n) is 6.12. The molecule has 2 rings (SSSR count). The topological polar surface area (TPSA) is 34.1 Å². The van der Waals surface area contributed by atoms with E-state index < -0.39 is 0 Å². The Morgan fingerprint density at radius 1 is 1.32 bits per heavy atom. The van der Waals surface area contributed by atoms with Crippen molar-refractivity contribution >= 4 is 22.9 Å². The Bertz CT molecular complexity index is 525. The SMILES string of the molecule is COCCNCc1nc(-c2ccc(Cl)cc2)c(C)s1. The van der Waals surface area contributed by atoms with Crippen molar-refractivity contribution in [3.8, 4) is 11.3 Å². The molecular weight excluding hydrogens is 280 g/mol. The van der Waals surface area contributed by atoms with Gasteiger partial charge >= 0.3 is 0 Å². The van der Waals surface area contributed by atoms with E-state index in [0.29, 0.717) is 6.61 Å². The summed E-state index contributed by atoms with van der Waals surface area (Å²) in [4.78, 5) is 5.91. The van der Waals surface area contributed by atoms with E-state index in [1.165, 1.54) is 4.88 Å². The molecule has 0 amide bonds. The van der Waals surface area contributed by atoms with Crippen LogP contribution in [0.25, 0.3) is 11.3 Å². The van der Waals surface area contributed by atoms with Crippen LogP contribution in [0.3, 0.4) is 0 Å². The Kier molecular flexibility index (Phi) is 5.34.